The predicted molar refractivity (Wildman–Crippen MR) is 116 cm³/mol. The molecule has 2 aromatic rings. The summed E-state index contributed by atoms with van der Waals surface area (Å²) in [6, 6.07) is 13.2. The van der Waals surface area contributed by atoms with Gasteiger partial charge in [0, 0.05) is 25.3 Å². The predicted octanol–water partition coefficient (Wildman–Crippen LogP) is 4.61. The van der Waals surface area contributed by atoms with E-state index in [1.807, 2.05) is 0 Å². The summed E-state index contributed by atoms with van der Waals surface area (Å²) < 4.78 is 5.59. The average molecular weight is 396 g/mol. The van der Waals surface area contributed by atoms with Gasteiger partial charge in [-0.15, -0.1) is 0 Å². The van der Waals surface area contributed by atoms with Crippen LogP contribution in [0.25, 0.3) is 0 Å². The standard InChI is InChI=1S/C24H29NO2S/c1-25(12-11-17-9-10-18-14-24(26)28-16-20(18)13-17)15-19-5-3-7-22-21(19)6-4-8-23(22)27-2/h4,6,8-10,13,19H,3,5,7,11-12,14-16H2,1-2H3. The smallest absolute Gasteiger partial charge is 0.193 e. The van der Waals surface area contributed by atoms with Crippen molar-refractivity contribution in [1.29, 1.82) is 0 Å². The number of fused-ring (bicyclic) bond motifs is 2. The number of hydrogen-bond donors (Lipinski definition) is 0. The third-order valence-electron chi connectivity index (χ3n) is 6.12. The van der Waals surface area contributed by atoms with Crippen LogP contribution in [-0.2, 0) is 29.8 Å². The lowest BCUT2D eigenvalue weighted by Crippen LogP contribution is -2.28. The number of carbonyl (C=O) groups excluding carboxylic acids is 1. The van der Waals surface area contributed by atoms with Gasteiger partial charge in [-0.1, -0.05) is 42.1 Å². The summed E-state index contributed by atoms with van der Waals surface area (Å²) in [6.45, 7) is 2.15. The van der Waals surface area contributed by atoms with Crippen molar-refractivity contribution in [2.75, 3.05) is 27.2 Å². The lowest BCUT2D eigenvalue weighted by atomic mass is 9.82. The summed E-state index contributed by atoms with van der Waals surface area (Å²) in [5, 5.41) is 0.296. The third kappa shape index (κ3) is 4.28. The first-order valence-corrected chi connectivity index (χ1v) is 11.2. The molecule has 4 rings (SSSR count). The van der Waals surface area contributed by atoms with Crippen molar-refractivity contribution in [3.05, 3.63) is 64.2 Å². The Morgan fingerprint density at radius 2 is 2.11 bits per heavy atom. The molecule has 0 saturated heterocycles. The second-order valence-corrected chi connectivity index (χ2v) is 9.10. The maximum absolute atomic E-state index is 11.6. The van der Waals surface area contributed by atoms with E-state index >= 15 is 0 Å². The Kier molecular flexibility index (Phi) is 6.07. The highest BCUT2D eigenvalue weighted by atomic mass is 32.2. The fraction of sp³-hybridized carbons (Fsp3) is 0.458. The van der Waals surface area contributed by atoms with Crippen LogP contribution < -0.4 is 4.74 Å². The molecule has 0 saturated carbocycles. The zero-order valence-electron chi connectivity index (χ0n) is 16.9. The first kappa shape index (κ1) is 19.5. The highest BCUT2D eigenvalue weighted by Gasteiger charge is 2.23. The van der Waals surface area contributed by atoms with Crippen molar-refractivity contribution in [1.82, 2.24) is 4.90 Å². The van der Waals surface area contributed by atoms with E-state index < -0.39 is 0 Å². The maximum Gasteiger partial charge on any atom is 0.193 e. The van der Waals surface area contributed by atoms with E-state index in [1.54, 1.807) is 7.11 Å². The molecule has 0 amide bonds. The van der Waals surface area contributed by atoms with Crippen molar-refractivity contribution in [3.8, 4) is 5.75 Å². The molecule has 1 aliphatic carbocycles. The molecule has 0 N–H and O–H groups in total. The number of thioether (sulfide) groups is 1. The highest BCUT2D eigenvalue weighted by Crippen LogP contribution is 2.37. The molecule has 28 heavy (non-hydrogen) atoms. The molecule has 2 aliphatic rings. The first-order valence-electron chi connectivity index (χ1n) is 10.2. The molecule has 1 unspecified atom stereocenters. The number of rotatable bonds is 6. The minimum absolute atomic E-state index is 0.296. The lowest BCUT2D eigenvalue weighted by Gasteiger charge is -2.30. The number of benzene rings is 2. The summed E-state index contributed by atoms with van der Waals surface area (Å²) >= 11 is 1.45. The van der Waals surface area contributed by atoms with Crippen LogP contribution in [0.15, 0.2) is 36.4 Å². The van der Waals surface area contributed by atoms with E-state index in [0.717, 1.165) is 37.4 Å². The van der Waals surface area contributed by atoms with Gasteiger partial charge in [0.2, 0.25) is 0 Å². The van der Waals surface area contributed by atoms with Crippen LogP contribution in [0.5, 0.6) is 5.75 Å². The Bertz CT molecular complexity index is 864. The molecule has 4 heteroatoms. The number of likely N-dealkylation sites (N-methyl/N-ethyl adjacent to an activating group) is 1. The molecule has 0 aromatic heterocycles. The summed E-state index contributed by atoms with van der Waals surface area (Å²) in [7, 11) is 4.01. The minimum Gasteiger partial charge on any atom is -0.496 e. The van der Waals surface area contributed by atoms with Crippen LogP contribution in [0.1, 0.15) is 46.6 Å². The molecule has 1 heterocycles. The molecular weight excluding hydrogens is 366 g/mol. The van der Waals surface area contributed by atoms with Gasteiger partial charge < -0.3 is 9.64 Å². The monoisotopic (exact) mass is 395 g/mol. The quantitative estimate of drug-likeness (QED) is 0.715. The van der Waals surface area contributed by atoms with Crippen molar-refractivity contribution in [2.45, 2.75) is 43.8 Å². The van der Waals surface area contributed by atoms with Crippen LogP contribution in [0.2, 0.25) is 0 Å². The molecular formula is C24H29NO2S. The largest absolute Gasteiger partial charge is 0.496 e. The van der Waals surface area contributed by atoms with Crippen molar-refractivity contribution < 1.29 is 9.53 Å². The Morgan fingerprint density at radius 3 is 2.96 bits per heavy atom. The van der Waals surface area contributed by atoms with Crippen molar-refractivity contribution in [2.24, 2.45) is 0 Å². The molecule has 148 valence electrons. The van der Waals surface area contributed by atoms with Crippen LogP contribution in [0, 0.1) is 0 Å². The fourth-order valence-electron chi connectivity index (χ4n) is 4.59. The summed E-state index contributed by atoms with van der Waals surface area (Å²) in [6.07, 6.45) is 5.28. The van der Waals surface area contributed by atoms with Gasteiger partial charge in [-0.05, 0) is 72.5 Å². The molecule has 1 atom stereocenters. The van der Waals surface area contributed by atoms with Gasteiger partial charge in [0.05, 0.1) is 7.11 Å². The van der Waals surface area contributed by atoms with Gasteiger partial charge in [-0.25, -0.2) is 0 Å². The fourth-order valence-corrected chi connectivity index (χ4v) is 5.43. The van der Waals surface area contributed by atoms with Crippen LogP contribution in [0.3, 0.4) is 0 Å². The zero-order chi connectivity index (χ0) is 19.5. The van der Waals surface area contributed by atoms with E-state index in [4.69, 9.17) is 4.74 Å². The minimum atomic E-state index is 0.296. The molecule has 1 aliphatic heterocycles. The van der Waals surface area contributed by atoms with Gasteiger partial charge in [0.25, 0.3) is 0 Å². The number of methoxy groups -OCH3 is 1. The van der Waals surface area contributed by atoms with Gasteiger partial charge in [0.1, 0.15) is 5.75 Å². The van der Waals surface area contributed by atoms with Gasteiger partial charge in [0.15, 0.2) is 5.12 Å². The van der Waals surface area contributed by atoms with Crippen LogP contribution in [-0.4, -0.2) is 37.3 Å². The lowest BCUT2D eigenvalue weighted by molar-refractivity contribution is -0.110. The number of ether oxygens (including phenoxy) is 1. The van der Waals surface area contributed by atoms with Gasteiger partial charge >= 0.3 is 0 Å². The number of carbonyl (C=O) groups is 1. The SMILES string of the molecule is COc1cccc2c1CCCC2CN(C)CCc1ccc2c(c1)CSC(=O)C2. The van der Waals surface area contributed by atoms with Crippen LogP contribution >= 0.6 is 11.8 Å². The molecule has 0 bridgehead atoms. The topological polar surface area (TPSA) is 29.5 Å². The molecule has 2 aromatic carbocycles. The Balaban J connectivity index is 1.37. The van der Waals surface area contributed by atoms with Gasteiger partial charge in [-0.2, -0.15) is 0 Å². The second kappa shape index (κ2) is 8.71. The average Bonchev–Trinajstić information content (AvgIpc) is 2.72. The molecule has 0 fully saturated rings. The van der Waals surface area contributed by atoms with E-state index in [9.17, 15) is 4.79 Å². The summed E-state index contributed by atoms with van der Waals surface area (Å²) in [5.74, 6) is 2.48. The molecule has 3 nitrogen and oxygen atoms in total. The molecule has 0 spiro atoms. The first-order chi connectivity index (χ1) is 13.6. The van der Waals surface area contributed by atoms with E-state index in [1.165, 1.54) is 52.4 Å². The van der Waals surface area contributed by atoms with Gasteiger partial charge in [-0.3, -0.25) is 4.79 Å². The normalized spacial score (nSPS) is 18.7. The zero-order valence-corrected chi connectivity index (χ0v) is 17.7. The van der Waals surface area contributed by atoms with Crippen molar-refractivity contribution >= 4 is 16.9 Å². The van der Waals surface area contributed by atoms with E-state index in [0.29, 0.717) is 17.5 Å². The van der Waals surface area contributed by atoms with E-state index in [2.05, 4.69) is 48.3 Å². The Morgan fingerprint density at radius 1 is 1.21 bits per heavy atom. The Hall–Kier alpha value is -1.78. The second-order valence-electron chi connectivity index (χ2n) is 8.07. The highest BCUT2D eigenvalue weighted by molar-refractivity contribution is 8.13. The van der Waals surface area contributed by atoms with Crippen molar-refractivity contribution in [3.63, 3.8) is 0 Å². The summed E-state index contributed by atoms with van der Waals surface area (Å²) in [5.41, 5.74) is 6.84. The van der Waals surface area contributed by atoms with E-state index in [-0.39, 0.29) is 0 Å². The molecule has 0 radical (unpaired) electrons. The number of hydrogen-bond acceptors (Lipinski definition) is 4. The van der Waals surface area contributed by atoms with Crippen LogP contribution in [0.4, 0.5) is 0 Å². The third-order valence-corrected chi connectivity index (χ3v) is 7.04. The summed E-state index contributed by atoms with van der Waals surface area (Å²) in [4.78, 5) is 14.1. The number of nitrogens with zero attached hydrogens (tertiary/aromatic N) is 1. The maximum atomic E-state index is 11.6. The Labute approximate surface area is 172 Å².